The first kappa shape index (κ1) is 19.2. The highest BCUT2D eigenvalue weighted by Gasteiger charge is 2.14. The van der Waals surface area contributed by atoms with Crippen molar-refractivity contribution in [3.05, 3.63) is 94.8 Å². The summed E-state index contributed by atoms with van der Waals surface area (Å²) in [6.45, 7) is 2.39. The fourth-order valence-electron chi connectivity index (χ4n) is 3.02. The number of aryl methyl sites for hydroxylation is 1. The molecule has 3 aromatic rings. The summed E-state index contributed by atoms with van der Waals surface area (Å²) in [4.78, 5) is 24.2. The second kappa shape index (κ2) is 8.39. The molecule has 0 spiro atoms. The number of ketones is 1. The maximum Gasteiger partial charge on any atom is 0.336 e. The van der Waals surface area contributed by atoms with E-state index in [2.05, 4.69) is 0 Å². The van der Waals surface area contributed by atoms with Crippen LogP contribution in [0.1, 0.15) is 37.5 Å². The number of allylic oxidation sites excluding steroid dienone is 1. The van der Waals surface area contributed by atoms with E-state index in [9.17, 15) is 14.7 Å². The van der Waals surface area contributed by atoms with Gasteiger partial charge in [0.05, 0.1) is 18.4 Å². The SMILES string of the molecule is COc1ccc(C(=O)c2cc(C)cn2C/C=C/c2ccccc2C(=O)O)cc1. The van der Waals surface area contributed by atoms with Crippen LogP contribution in [-0.4, -0.2) is 28.5 Å². The van der Waals surface area contributed by atoms with Crippen LogP contribution in [0.25, 0.3) is 6.08 Å². The first-order valence-corrected chi connectivity index (χ1v) is 8.84. The summed E-state index contributed by atoms with van der Waals surface area (Å²) >= 11 is 0. The number of carboxylic acids is 1. The van der Waals surface area contributed by atoms with E-state index in [1.54, 1.807) is 61.7 Å². The second-order valence-corrected chi connectivity index (χ2v) is 6.41. The molecule has 1 aromatic heterocycles. The lowest BCUT2D eigenvalue weighted by atomic mass is 10.1. The Morgan fingerprint density at radius 2 is 1.82 bits per heavy atom. The number of aromatic carboxylic acids is 1. The standard InChI is InChI=1S/C23H21NO4/c1-16-14-21(22(25)18-9-11-19(28-2)12-10-18)24(15-16)13-5-7-17-6-3-4-8-20(17)23(26)27/h3-12,14-15H,13H2,1-2H3,(H,26,27)/b7-5+. The van der Waals surface area contributed by atoms with Gasteiger partial charge in [-0.3, -0.25) is 4.79 Å². The van der Waals surface area contributed by atoms with E-state index in [0.29, 0.717) is 29.1 Å². The third kappa shape index (κ3) is 4.20. The zero-order valence-electron chi connectivity index (χ0n) is 15.8. The van der Waals surface area contributed by atoms with Gasteiger partial charge in [-0.1, -0.05) is 30.4 Å². The van der Waals surface area contributed by atoms with Gasteiger partial charge in [0.25, 0.3) is 0 Å². The van der Waals surface area contributed by atoms with Crippen molar-refractivity contribution in [1.29, 1.82) is 0 Å². The van der Waals surface area contributed by atoms with Crippen molar-refractivity contribution in [2.75, 3.05) is 7.11 Å². The molecule has 142 valence electrons. The third-order valence-corrected chi connectivity index (χ3v) is 4.41. The average molecular weight is 375 g/mol. The highest BCUT2D eigenvalue weighted by Crippen LogP contribution is 2.18. The van der Waals surface area contributed by atoms with Crippen molar-refractivity contribution >= 4 is 17.8 Å². The van der Waals surface area contributed by atoms with Gasteiger partial charge < -0.3 is 14.4 Å². The fraction of sp³-hybridized carbons (Fsp3) is 0.130. The summed E-state index contributed by atoms with van der Waals surface area (Å²) in [6, 6.07) is 15.7. The van der Waals surface area contributed by atoms with Crippen LogP contribution in [-0.2, 0) is 6.54 Å². The maximum atomic E-state index is 12.9. The van der Waals surface area contributed by atoms with Crippen molar-refractivity contribution in [2.24, 2.45) is 0 Å². The molecule has 1 N–H and O–H groups in total. The summed E-state index contributed by atoms with van der Waals surface area (Å²) in [7, 11) is 1.58. The molecule has 1 heterocycles. The highest BCUT2D eigenvalue weighted by atomic mass is 16.5. The Balaban J connectivity index is 1.82. The molecule has 0 atom stereocenters. The van der Waals surface area contributed by atoms with Gasteiger partial charge >= 0.3 is 5.97 Å². The molecule has 0 saturated heterocycles. The van der Waals surface area contributed by atoms with Gasteiger partial charge in [0.15, 0.2) is 0 Å². The molecule has 0 radical (unpaired) electrons. The molecule has 0 aliphatic heterocycles. The Kier molecular flexibility index (Phi) is 5.75. The van der Waals surface area contributed by atoms with E-state index in [4.69, 9.17) is 4.74 Å². The summed E-state index contributed by atoms with van der Waals surface area (Å²) < 4.78 is 7.00. The quantitative estimate of drug-likeness (QED) is 0.620. The number of carbonyl (C=O) groups excluding carboxylic acids is 1. The summed E-state index contributed by atoms with van der Waals surface area (Å²) in [5.74, 6) is -0.342. The van der Waals surface area contributed by atoms with Crippen LogP contribution < -0.4 is 4.74 Å². The van der Waals surface area contributed by atoms with Crippen LogP contribution in [0.2, 0.25) is 0 Å². The normalized spacial score (nSPS) is 10.9. The minimum Gasteiger partial charge on any atom is -0.497 e. The van der Waals surface area contributed by atoms with Gasteiger partial charge in [-0.2, -0.15) is 0 Å². The second-order valence-electron chi connectivity index (χ2n) is 6.41. The maximum absolute atomic E-state index is 12.9. The molecule has 0 aliphatic rings. The lowest BCUT2D eigenvalue weighted by molar-refractivity contribution is 0.0696. The molecule has 0 saturated carbocycles. The molecule has 2 aromatic carbocycles. The lowest BCUT2D eigenvalue weighted by Crippen LogP contribution is -2.09. The van der Waals surface area contributed by atoms with E-state index in [0.717, 1.165) is 5.56 Å². The molecule has 0 aliphatic carbocycles. The number of methoxy groups -OCH3 is 1. The fourth-order valence-corrected chi connectivity index (χ4v) is 3.02. The van der Waals surface area contributed by atoms with Gasteiger partial charge in [0, 0.05) is 18.3 Å². The van der Waals surface area contributed by atoms with Gasteiger partial charge in [-0.05, 0) is 54.4 Å². The molecule has 3 rings (SSSR count). The van der Waals surface area contributed by atoms with Gasteiger partial charge in [0.2, 0.25) is 5.78 Å². The number of ether oxygens (including phenoxy) is 1. The summed E-state index contributed by atoms with van der Waals surface area (Å²) in [6.07, 6.45) is 5.52. The minimum atomic E-state index is -0.965. The largest absolute Gasteiger partial charge is 0.497 e. The molecule has 5 heteroatoms. The predicted molar refractivity (Wildman–Crippen MR) is 108 cm³/mol. The molecule has 28 heavy (non-hydrogen) atoms. The molecule has 0 amide bonds. The van der Waals surface area contributed by atoms with Crippen molar-refractivity contribution in [1.82, 2.24) is 4.57 Å². The molecule has 0 unspecified atom stereocenters. The monoisotopic (exact) mass is 375 g/mol. The number of aromatic nitrogens is 1. The number of hydrogen-bond acceptors (Lipinski definition) is 3. The van der Waals surface area contributed by atoms with Crippen LogP contribution >= 0.6 is 0 Å². The van der Waals surface area contributed by atoms with Crippen molar-refractivity contribution in [2.45, 2.75) is 13.5 Å². The summed E-state index contributed by atoms with van der Waals surface area (Å²) in [5.41, 5.74) is 3.02. The number of hydrogen-bond donors (Lipinski definition) is 1. The van der Waals surface area contributed by atoms with Gasteiger partial charge in [-0.25, -0.2) is 4.79 Å². The Bertz CT molecular complexity index is 1030. The number of rotatable bonds is 7. The van der Waals surface area contributed by atoms with Crippen LogP contribution in [0.3, 0.4) is 0 Å². The number of benzene rings is 2. The zero-order chi connectivity index (χ0) is 20.1. The van der Waals surface area contributed by atoms with Gasteiger partial charge in [0.1, 0.15) is 5.75 Å². The lowest BCUT2D eigenvalue weighted by Gasteiger charge is -2.07. The molecular formula is C23H21NO4. The van der Waals surface area contributed by atoms with Gasteiger partial charge in [-0.15, -0.1) is 0 Å². The van der Waals surface area contributed by atoms with Crippen LogP contribution in [0.4, 0.5) is 0 Å². The smallest absolute Gasteiger partial charge is 0.336 e. The number of carbonyl (C=O) groups is 2. The Hall–Kier alpha value is -3.60. The van der Waals surface area contributed by atoms with Crippen LogP contribution in [0.15, 0.2) is 66.9 Å². The average Bonchev–Trinajstić information content (AvgIpc) is 3.08. The van der Waals surface area contributed by atoms with E-state index in [1.165, 1.54) is 0 Å². The molecule has 5 nitrogen and oxygen atoms in total. The predicted octanol–water partition coefficient (Wildman–Crippen LogP) is 4.45. The van der Waals surface area contributed by atoms with Crippen molar-refractivity contribution in [3.8, 4) is 5.75 Å². The Morgan fingerprint density at radius 1 is 1.11 bits per heavy atom. The van der Waals surface area contributed by atoms with E-state index in [-0.39, 0.29) is 11.3 Å². The Morgan fingerprint density at radius 3 is 2.50 bits per heavy atom. The first-order valence-electron chi connectivity index (χ1n) is 8.84. The highest BCUT2D eigenvalue weighted by molar-refractivity contribution is 6.08. The molecule has 0 fully saturated rings. The number of nitrogens with zero attached hydrogens (tertiary/aromatic N) is 1. The van der Waals surface area contributed by atoms with Crippen molar-refractivity contribution < 1.29 is 19.4 Å². The van der Waals surface area contributed by atoms with E-state index < -0.39 is 5.97 Å². The first-order chi connectivity index (χ1) is 13.5. The molecule has 0 bridgehead atoms. The summed E-state index contributed by atoms with van der Waals surface area (Å²) in [5, 5.41) is 9.27. The molecular weight excluding hydrogens is 354 g/mol. The third-order valence-electron chi connectivity index (χ3n) is 4.41. The minimum absolute atomic E-state index is 0.0740. The van der Waals surface area contributed by atoms with E-state index in [1.807, 2.05) is 29.8 Å². The van der Waals surface area contributed by atoms with Crippen LogP contribution in [0.5, 0.6) is 5.75 Å². The van der Waals surface area contributed by atoms with E-state index >= 15 is 0 Å². The number of carboxylic acid groups (broad SMARTS) is 1. The topological polar surface area (TPSA) is 68.5 Å². The van der Waals surface area contributed by atoms with Crippen molar-refractivity contribution in [3.63, 3.8) is 0 Å². The van der Waals surface area contributed by atoms with Crippen LogP contribution in [0, 0.1) is 6.92 Å². The zero-order valence-corrected chi connectivity index (χ0v) is 15.8. The Labute approximate surface area is 163 Å².